The second kappa shape index (κ2) is 7.43. The number of carbonyl (C=O) groups is 2. The first-order valence-corrected chi connectivity index (χ1v) is 8.68. The van der Waals surface area contributed by atoms with E-state index in [0.29, 0.717) is 5.56 Å². The summed E-state index contributed by atoms with van der Waals surface area (Å²) in [5.41, 5.74) is -0.398. The van der Waals surface area contributed by atoms with Gasteiger partial charge in [0.25, 0.3) is 0 Å². The predicted octanol–water partition coefficient (Wildman–Crippen LogP) is 4.26. The second-order valence-electron chi connectivity index (χ2n) is 6.41. The lowest BCUT2D eigenvalue weighted by Gasteiger charge is -2.38. The highest BCUT2D eigenvalue weighted by Crippen LogP contribution is 2.30. The number of rotatable bonds is 3. The minimum Gasteiger partial charge on any atom is -0.325 e. The molecule has 2 aromatic carbocycles. The van der Waals surface area contributed by atoms with E-state index in [1.807, 2.05) is 0 Å². The summed E-state index contributed by atoms with van der Waals surface area (Å²) in [6.07, 6.45) is -4.45. The van der Waals surface area contributed by atoms with Crippen LogP contribution in [0.4, 0.5) is 23.2 Å². The van der Waals surface area contributed by atoms with Crippen molar-refractivity contribution in [1.29, 1.82) is 0 Å². The van der Waals surface area contributed by atoms with Crippen LogP contribution in [-0.2, 0) is 22.3 Å². The summed E-state index contributed by atoms with van der Waals surface area (Å²) < 4.78 is 52.1. The molecule has 0 N–H and O–H groups in total. The number of hydrogen-bond acceptors (Lipinski definition) is 2. The van der Waals surface area contributed by atoms with Gasteiger partial charge in [0.2, 0.25) is 11.8 Å². The van der Waals surface area contributed by atoms with Crippen LogP contribution in [0.15, 0.2) is 42.5 Å². The first-order valence-electron chi connectivity index (χ1n) is 8.30. The lowest BCUT2D eigenvalue weighted by atomic mass is 10.1. The van der Waals surface area contributed by atoms with Crippen molar-refractivity contribution in [2.24, 2.45) is 0 Å². The van der Waals surface area contributed by atoms with Gasteiger partial charge in [-0.3, -0.25) is 14.5 Å². The third-order valence-corrected chi connectivity index (χ3v) is 4.77. The summed E-state index contributed by atoms with van der Waals surface area (Å²) in [6, 6.07) is 7.25. The third-order valence-electron chi connectivity index (χ3n) is 4.54. The quantitative estimate of drug-likeness (QED) is 0.704. The summed E-state index contributed by atoms with van der Waals surface area (Å²) in [7, 11) is 0. The molecule has 1 atom stereocenters. The number of halogens is 5. The van der Waals surface area contributed by atoms with Crippen LogP contribution < -0.4 is 4.90 Å². The van der Waals surface area contributed by atoms with Crippen LogP contribution in [0, 0.1) is 5.82 Å². The number of amides is 2. The third kappa shape index (κ3) is 3.96. The molecular formula is C19H15ClF4N2O2. The summed E-state index contributed by atoms with van der Waals surface area (Å²) in [5, 5.41) is 0.161. The summed E-state index contributed by atoms with van der Waals surface area (Å²) in [4.78, 5) is 27.5. The molecule has 2 aromatic rings. The van der Waals surface area contributed by atoms with Crippen molar-refractivity contribution < 1.29 is 27.2 Å². The van der Waals surface area contributed by atoms with Gasteiger partial charge in [0, 0.05) is 11.6 Å². The first kappa shape index (κ1) is 20.1. The Morgan fingerprint density at radius 2 is 1.75 bits per heavy atom. The maximum absolute atomic E-state index is 14.1. The monoisotopic (exact) mass is 414 g/mol. The standard InChI is InChI=1S/C19H15ClF4N2O2/c1-11-18(28)26(16-7-6-14(20)8-15(16)21)10-17(27)25(11)9-12-2-4-13(5-3-12)19(22,23)24/h2-8,11H,9-10H2,1H3/t11-/m0/s1. The average Bonchev–Trinajstić information content (AvgIpc) is 2.62. The molecule has 0 saturated carbocycles. The molecule has 9 heteroatoms. The molecule has 28 heavy (non-hydrogen) atoms. The summed E-state index contributed by atoms with van der Waals surface area (Å²) >= 11 is 5.71. The van der Waals surface area contributed by atoms with Gasteiger partial charge in [-0.25, -0.2) is 4.39 Å². The number of alkyl halides is 3. The van der Waals surface area contributed by atoms with E-state index in [1.165, 1.54) is 36.1 Å². The molecule has 0 unspecified atom stereocenters. The van der Waals surface area contributed by atoms with Gasteiger partial charge in [0.15, 0.2) is 0 Å². The van der Waals surface area contributed by atoms with E-state index in [2.05, 4.69) is 0 Å². The van der Waals surface area contributed by atoms with E-state index in [1.54, 1.807) is 0 Å². The minimum absolute atomic E-state index is 0.0270. The van der Waals surface area contributed by atoms with Crippen LogP contribution in [0.2, 0.25) is 5.02 Å². The number of benzene rings is 2. The number of piperazine rings is 1. The molecule has 0 aromatic heterocycles. The number of anilines is 1. The van der Waals surface area contributed by atoms with Crippen LogP contribution in [0.5, 0.6) is 0 Å². The summed E-state index contributed by atoms with van der Waals surface area (Å²) in [6.45, 7) is 1.09. The fourth-order valence-corrected chi connectivity index (χ4v) is 3.16. The second-order valence-corrected chi connectivity index (χ2v) is 6.85. The first-order chi connectivity index (χ1) is 13.1. The maximum Gasteiger partial charge on any atom is 0.416 e. The molecule has 4 nitrogen and oxygen atoms in total. The highest BCUT2D eigenvalue weighted by atomic mass is 35.5. The molecule has 2 amide bonds. The van der Waals surface area contributed by atoms with Crippen molar-refractivity contribution in [2.75, 3.05) is 11.4 Å². The number of hydrogen-bond donors (Lipinski definition) is 0. The van der Waals surface area contributed by atoms with E-state index in [9.17, 15) is 27.2 Å². The zero-order valence-electron chi connectivity index (χ0n) is 14.6. The molecular weight excluding hydrogens is 400 g/mol. The van der Waals surface area contributed by atoms with Gasteiger partial charge in [0.05, 0.1) is 11.3 Å². The van der Waals surface area contributed by atoms with Gasteiger partial charge >= 0.3 is 6.18 Å². The maximum atomic E-state index is 14.1. The topological polar surface area (TPSA) is 40.6 Å². The van der Waals surface area contributed by atoms with E-state index in [-0.39, 0.29) is 23.8 Å². The van der Waals surface area contributed by atoms with Crippen LogP contribution >= 0.6 is 11.6 Å². The molecule has 0 bridgehead atoms. The van der Waals surface area contributed by atoms with Crippen molar-refractivity contribution in [3.8, 4) is 0 Å². The highest BCUT2D eigenvalue weighted by molar-refractivity contribution is 6.30. The lowest BCUT2D eigenvalue weighted by Crippen LogP contribution is -2.58. The number of carbonyl (C=O) groups excluding carboxylic acids is 2. The average molecular weight is 415 g/mol. The van der Waals surface area contributed by atoms with Crippen LogP contribution in [0.3, 0.4) is 0 Å². The molecule has 0 aliphatic carbocycles. The fourth-order valence-electron chi connectivity index (χ4n) is 3.00. The molecule has 1 aliphatic heterocycles. The SMILES string of the molecule is C[C@H]1C(=O)N(c2ccc(Cl)cc2F)CC(=O)N1Cc1ccc(C(F)(F)F)cc1. The van der Waals surface area contributed by atoms with Crippen molar-refractivity contribution >= 4 is 29.1 Å². The Kier molecular flexibility index (Phi) is 5.34. The minimum atomic E-state index is -4.45. The van der Waals surface area contributed by atoms with Crippen LogP contribution in [0.25, 0.3) is 0 Å². The zero-order valence-corrected chi connectivity index (χ0v) is 15.4. The molecule has 1 aliphatic rings. The summed E-state index contributed by atoms with van der Waals surface area (Å²) in [5.74, 6) is -1.66. The fraction of sp³-hybridized carbons (Fsp3) is 0.263. The Bertz CT molecular complexity index is 915. The Labute approximate surface area is 163 Å². The Morgan fingerprint density at radius 3 is 2.32 bits per heavy atom. The highest BCUT2D eigenvalue weighted by Gasteiger charge is 2.38. The van der Waals surface area contributed by atoms with Gasteiger partial charge < -0.3 is 4.90 Å². The van der Waals surface area contributed by atoms with Crippen molar-refractivity contribution in [2.45, 2.75) is 25.7 Å². The van der Waals surface area contributed by atoms with E-state index < -0.39 is 35.4 Å². The molecule has 1 saturated heterocycles. The Hall–Kier alpha value is -2.61. The molecule has 148 valence electrons. The Morgan fingerprint density at radius 1 is 1.11 bits per heavy atom. The van der Waals surface area contributed by atoms with Crippen molar-refractivity contribution in [3.63, 3.8) is 0 Å². The van der Waals surface area contributed by atoms with E-state index in [0.717, 1.165) is 23.1 Å². The van der Waals surface area contributed by atoms with Crippen molar-refractivity contribution in [1.82, 2.24) is 4.90 Å². The molecule has 3 rings (SSSR count). The molecule has 0 spiro atoms. The zero-order chi connectivity index (χ0) is 20.6. The van der Waals surface area contributed by atoms with E-state index in [4.69, 9.17) is 11.6 Å². The van der Waals surface area contributed by atoms with Gasteiger partial charge in [-0.2, -0.15) is 13.2 Å². The molecule has 1 fully saturated rings. The predicted molar refractivity (Wildman–Crippen MR) is 95.2 cm³/mol. The van der Waals surface area contributed by atoms with Gasteiger partial charge in [-0.05, 0) is 42.8 Å². The normalized spacial score (nSPS) is 18.0. The molecule has 0 radical (unpaired) electrons. The van der Waals surface area contributed by atoms with Gasteiger partial charge in [-0.1, -0.05) is 23.7 Å². The lowest BCUT2D eigenvalue weighted by molar-refractivity contribution is -0.143. The van der Waals surface area contributed by atoms with E-state index >= 15 is 0 Å². The van der Waals surface area contributed by atoms with Crippen LogP contribution in [-0.4, -0.2) is 29.3 Å². The molecule has 1 heterocycles. The van der Waals surface area contributed by atoms with Crippen molar-refractivity contribution in [3.05, 3.63) is 64.4 Å². The van der Waals surface area contributed by atoms with Gasteiger partial charge in [-0.15, -0.1) is 0 Å². The Balaban J connectivity index is 1.79. The smallest absolute Gasteiger partial charge is 0.325 e. The number of nitrogens with zero attached hydrogens (tertiary/aromatic N) is 2. The van der Waals surface area contributed by atoms with Crippen LogP contribution in [0.1, 0.15) is 18.1 Å². The largest absolute Gasteiger partial charge is 0.416 e. The van der Waals surface area contributed by atoms with Gasteiger partial charge in [0.1, 0.15) is 18.4 Å².